The van der Waals surface area contributed by atoms with Crippen molar-refractivity contribution >= 4 is 8.32 Å². The molecule has 0 aliphatic carbocycles. The SMILES string of the molecule is CC(C)C(C)(C)[Si](C)(C)O/C=C1/CC[C@@H]2O[C@H](C1)c1ccccc12. The maximum absolute atomic E-state index is 6.47. The van der Waals surface area contributed by atoms with E-state index in [1.165, 1.54) is 16.7 Å². The minimum atomic E-state index is -1.80. The molecule has 2 aliphatic heterocycles. The van der Waals surface area contributed by atoms with E-state index in [4.69, 9.17) is 9.16 Å². The number of benzene rings is 1. The van der Waals surface area contributed by atoms with E-state index in [-0.39, 0.29) is 17.2 Å². The lowest BCUT2D eigenvalue weighted by atomic mass is 9.91. The third-order valence-corrected chi connectivity index (χ3v) is 11.1. The lowest BCUT2D eigenvalue weighted by Gasteiger charge is -2.41. The molecule has 3 rings (SSSR count). The van der Waals surface area contributed by atoms with Crippen molar-refractivity contribution in [2.24, 2.45) is 5.92 Å². The fraction of sp³-hybridized carbons (Fsp3) is 0.619. The highest BCUT2D eigenvalue weighted by Crippen LogP contribution is 2.48. The van der Waals surface area contributed by atoms with E-state index in [0.29, 0.717) is 5.92 Å². The van der Waals surface area contributed by atoms with Crippen molar-refractivity contribution < 1.29 is 9.16 Å². The molecule has 1 saturated heterocycles. The fourth-order valence-corrected chi connectivity index (χ4v) is 5.82. The quantitative estimate of drug-likeness (QED) is 0.457. The number of ether oxygens (including phenoxy) is 1. The summed E-state index contributed by atoms with van der Waals surface area (Å²) in [6.07, 6.45) is 5.71. The topological polar surface area (TPSA) is 18.5 Å². The highest BCUT2D eigenvalue weighted by atomic mass is 28.4. The van der Waals surface area contributed by atoms with E-state index in [2.05, 4.69) is 71.3 Å². The summed E-state index contributed by atoms with van der Waals surface area (Å²) in [7, 11) is -1.80. The van der Waals surface area contributed by atoms with Gasteiger partial charge >= 0.3 is 0 Å². The second kappa shape index (κ2) is 6.34. The molecular weight excluding hydrogens is 312 g/mol. The van der Waals surface area contributed by atoms with Crippen LogP contribution in [0.15, 0.2) is 36.1 Å². The first-order valence-corrected chi connectivity index (χ1v) is 12.2. The molecule has 24 heavy (non-hydrogen) atoms. The highest BCUT2D eigenvalue weighted by molar-refractivity contribution is 6.74. The van der Waals surface area contributed by atoms with Gasteiger partial charge in [0.2, 0.25) is 8.32 Å². The lowest BCUT2D eigenvalue weighted by Crippen LogP contribution is -2.44. The molecule has 2 aliphatic rings. The first kappa shape index (κ1) is 17.8. The first-order chi connectivity index (χ1) is 11.2. The second-order valence-corrected chi connectivity index (χ2v) is 13.3. The molecule has 0 unspecified atom stereocenters. The summed E-state index contributed by atoms with van der Waals surface area (Å²) in [5, 5.41) is 0.247. The molecule has 2 atom stereocenters. The number of hydrogen-bond acceptors (Lipinski definition) is 2. The zero-order valence-corrected chi connectivity index (χ0v) is 17.1. The molecule has 0 radical (unpaired) electrons. The Balaban J connectivity index is 1.75. The van der Waals surface area contributed by atoms with Crippen LogP contribution in [0.1, 0.15) is 70.3 Å². The van der Waals surface area contributed by atoms with E-state index in [9.17, 15) is 0 Å². The summed E-state index contributed by atoms with van der Waals surface area (Å²) in [6.45, 7) is 14.0. The minimum Gasteiger partial charge on any atom is -0.549 e. The zero-order valence-electron chi connectivity index (χ0n) is 16.1. The van der Waals surface area contributed by atoms with Crippen LogP contribution in [0.5, 0.6) is 0 Å². The van der Waals surface area contributed by atoms with Crippen LogP contribution in [0.2, 0.25) is 18.1 Å². The molecule has 2 heterocycles. The predicted octanol–water partition coefficient (Wildman–Crippen LogP) is 6.52. The monoisotopic (exact) mass is 344 g/mol. The molecule has 2 bridgehead atoms. The Morgan fingerprint density at radius 2 is 1.79 bits per heavy atom. The Kier molecular flexibility index (Phi) is 4.69. The first-order valence-electron chi connectivity index (χ1n) is 9.32. The van der Waals surface area contributed by atoms with Gasteiger partial charge in [-0.2, -0.15) is 0 Å². The zero-order chi connectivity index (χ0) is 17.5. The van der Waals surface area contributed by atoms with Gasteiger partial charge in [0.15, 0.2) is 0 Å². The van der Waals surface area contributed by atoms with Gasteiger partial charge in [-0.05, 0) is 53.6 Å². The van der Waals surface area contributed by atoms with Gasteiger partial charge in [-0.15, -0.1) is 0 Å². The van der Waals surface area contributed by atoms with Gasteiger partial charge < -0.3 is 9.16 Å². The van der Waals surface area contributed by atoms with Crippen LogP contribution in [-0.4, -0.2) is 8.32 Å². The van der Waals surface area contributed by atoms with Gasteiger partial charge in [-0.3, -0.25) is 0 Å². The van der Waals surface area contributed by atoms with E-state index >= 15 is 0 Å². The van der Waals surface area contributed by atoms with Crippen LogP contribution in [0.3, 0.4) is 0 Å². The van der Waals surface area contributed by atoms with Gasteiger partial charge in [-0.25, -0.2) is 0 Å². The normalized spacial score (nSPS) is 25.7. The number of rotatable bonds is 4. The summed E-state index contributed by atoms with van der Waals surface area (Å²) in [6, 6.07) is 8.71. The summed E-state index contributed by atoms with van der Waals surface area (Å²) >= 11 is 0. The van der Waals surface area contributed by atoms with Crippen LogP contribution in [0, 0.1) is 5.92 Å². The van der Waals surface area contributed by atoms with Crippen LogP contribution in [0.4, 0.5) is 0 Å². The maximum atomic E-state index is 6.47. The molecule has 132 valence electrons. The van der Waals surface area contributed by atoms with E-state index in [0.717, 1.165) is 19.3 Å². The van der Waals surface area contributed by atoms with Crippen LogP contribution in [0.25, 0.3) is 0 Å². The lowest BCUT2D eigenvalue weighted by molar-refractivity contribution is 0.0172. The van der Waals surface area contributed by atoms with Gasteiger partial charge in [0.05, 0.1) is 18.5 Å². The molecular formula is C21H32O2Si. The fourth-order valence-electron chi connectivity index (χ4n) is 3.67. The average molecular weight is 345 g/mol. The summed E-state index contributed by atoms with van der Waals surface area (Å²) in [5.74, 6) is 0.623. The Morgan fingerprint density at radius 1 is 1.17 bits per heavy atom. The van der Waals surface area contributed by atoms with E-state index < -0.39 is 8.32 Å². The molecule has 0 aromatic heterocycles. The molecule has 0 saturated carbocycles. The molecule has 2 nitrogen and oxygen atoms in total. The predicted molar refractivity (Wildman–Crippen MR) is 102 cm³/mol. The van der Waals surface area contributed by atoms with E-state index in [1.807, 2.05) is 0 Å². The van der Waals surface area contributed by atoms with Gasteiger partial charge in [0.25, 0.3) is 0 Å². The van der Waals surface area contributed by atoms with E-state index in [1.54, 1.807) is 0 Å². The Morgan fingerprint density at radius 3 is 2.42 bits per heavy atom. The molecule has 1 aromatic rings. The van der Waals surface area contributed by atoms with Crippen molar-refractivity contribution in [2.75, 3.05) is 0 Å². The van der Waals surface area contributed by atoms with Crippen molar-refractivity contribution in [1.82, 2.24) is 0 Å². The Bertz CT molecular complexity index is 630. The Hall–Kier alpha value is -1.06. The summed E-state index contributed by atoms with van der Waals surface area (Å²) in [4.78, 5) is 0. The molecule has 3 heteroatoms. The molecule has 1 aromatic carbocycles. The number of fused-ring (bicyclic) bond motifs is 5. The Labute approximate surface area is 148 Å². The standard InChI is InChI=1S/C21H32O2Si/c1-15(2)21(3,4)24(5,6)22-14-16-11-12-19-17-9-7-8-10-18(17)20(13-16)23-19/h7-10,14-15,19-20H,11-13H2,1-6H3/b16-14-/t19-,20+/m0/s1. The smallest absolute Gasteiger partial charge is 0.250 e. The maximum Gasteiger partial charge on any atom is 0.250 e. The second-order valence-electron chi connectivity index (χ2n) is 8.77. The minimum absolute atomic E-state index is 0.214. The third kappa shape index (κ3) is 3.09. The van der Waals surface area contributed by atoms with Gasteiger partial charge in [-0.1, -0.05) is 52.0 Å². The van der Waals surface area contributed by atoms with Crippen LogP contribution >= 0.6 is 0 Å². The largest absolute Gasteiger partial charge is 0.549 e. The summed E-state index contributed by atoms with van der Waals surface area (Å²) < 4.78 is 12.7. The summed E-state index contributed by atoms with van der Waals surface area (Å²) in [5.41, 5.74) is 4.20. The third-order valence-electron chi connectivity index (χ3n) is 6.71. The van der Waals surface area contributed by atoms with Crippen LogP contribution < -0.4 is 0 Å². The van der Waals surface area contributed by atoms with Crippen molar-refractivity contribution in [3.05, 3.63) is 47.2 Å². The van der Waals surface area contributed by atoms with Crippen molar-refractivity contribution in [3.63, 3.8) is 0 Å². The molecule has 0 N–H and O–H groups in total. The van der Waals surface area contributed by atoms with Crippen LogP contribution in [-0.2, 0) is 9.16 Å². The number of hydrogen-bond donors (Lipinski definition) is 0. The van der Waals surface area contributed by atoms with Crippen molar-refractivity contribution in [2.45, 2.75) is 77.3 Å². The van der Waals surface area contributed by atoms with Crippen molar-refractivity contribution in [3.8, 4) is 0 Å². The molecule has 1 fully saturated rings. The molecule has 0 amide bonds. The van der Waals surface area contributed by atoms with Crippen molar-refractivity contribution in [1.29, 1.82) is 0 Å². The van der Waals surface area contributed by atoms with Gasteiger partial charge in [0.1, 0.15) is 0 Å². The average Bonchev–Trinajstić information content (AvgIpc) is 2.73. The highest BCUT2D eigenvalue weighted by Gasteiger charge is 2.44. The molecule has 0 spiro atoms. The van der Waals surface area contributed by atoms with Gasteiger partial charge in [0, 0.05) is 6.42 Å².